The molecule has 0 radical (unpaired) electrons. The summed E-state index contributed by atoms with van der Waals surface area (Å²) in [6.07, 6.45) is 1.63. The molecule has 76 valence electrons. The highest BCUT2D eigenvalue weighted by Gasteiger charge is 2.10. The van der Waals surface area contributed by atoms with Gasteiger partial charge in [0.1, 0.15) is 10.6 Å². The van der Waals surface area contributed by atoms with Crippen LogP contribution in [0.2, 0.25) is 0 Å². The van der Waals surface area contributed by atoms with Gasteiger partial charge in [-0.25, -0.2) is 4.79 Å². The van der Waals surface area contributed by atoms with Gasteiger partial charge in [-0.1, -0.05) is 0 Å². The van der Waals surface area contributed by atoms with E-state index in [2.05, 4.69) is 4.98 Å². The fourth-order valence-corrected chi connectivity index (χ4v) is 2.07. The molecule has 0 atom stereocenters. The van der Waals surface area contributed by atoms with Crippen LogP contribution in [0.25, 0.3) is 10.6 Å². The Morgan fingerprint density at radius 3 is 2.80 bits per heavy atom. The molecule has 2 aromatic rings. The van der Waals surface area contributed by atoms with Gasteiger partial charge in [0.25, 0.3) is 0 Å². The molecule has 2 heterocycles. The molecule has 0 fully saturated rings. The number of rotatable bonds is 2. The van der Waals surface area contributed by atoms with E-state index in [9.17, 15) is 4.79 Å². The molecule has 3 N–H and O–H groups in total. The molecule has 2 rings (SSSR count). The Morgan fingerprint density at radius 2 is 2.20 bits per heavy atom. The summed E-state index contributed by atoms with van der Waals surface area (Å²) in [6.45, 7) is 0. The summed E-state index contributed by atoms with van der Waals surface area (Å²) in [5.74, 6) is -0.930. The van der Waals surface area contributed by atoms with E-state index in [1.54, 1.807) is 30.5 Å². The van der Waals surface area contributed by atoms with Crippen LogP contribution in [0.5, 0.6) is 0 Å². The fraction of sp³-hybridized carbons (Fsp3) is 0. The first-order valence-electron chi connectivity index (χ1n) is 4.22. The summed E-state index contributed by atoms with van der Waals surface area (Å²) in [7, 11) is 0. The average Bonchev–Trinajstić information content (AvgIpc) is 2.67. The maximum atomic E-state index is 10.7. The average molecular weight is 220 g/mol. The summed E-state index contributed by atoms with van der Waals surface area (Å²) in [4.78, 5) is 15.9. The highest BCUT2D eigenvalue weighted by atomic mass is 32.1. The first-order valence-corrected chi connectivity index (χ1v) is 5.04. The molecule has 4 nitrogen and oxygen atoms in total. The number of nitrogens with zero attached hydrogens (tertiary/aromatic N) is 1. The summed E-state index contributed by atoms with van der Waals surface area (Å²) < 4.78 is 0. The second-order valence-corrected chi connectivity index (χ2v) is 3.99. The van der Waals surface area contributed by atoms with Crippen molar-refractivity contribution in [2.24, 2.45) is 0 Å². The third-order valence-corrected chi connectivity index (χ3v) is 2.97. The van der Waals surface area contributed by atoms with Crippen LogP contribution in [0.4, 0.5) is 5.69 Å². The van der Waals surface area contributed by atoms with E-state index in [1.807, 2.05) is 0 Å². The van der Waals surface area contributed by atoms with Crippen LogP contribution in [-0.2, 0) is 0 Å². The molecule has 0 amide bonds. The number of aromatic carboxylic acids is 1. The van der Waals surface area contributed by atoms with Crippen molar-refractivity contribution in [1.29, 1.82) is 0 Å². The Morgan fingerprint density at radius 1 is 1.40 bits per heavy atom. The van der Waals surface area contributed by atoms with Gasteiger partial charge in [-0.15, -0.1) is 11.3 Å². The summed E-state index contributed by atoms with van der Waals surface area (Å²) in [5.41, 5.74) is 6.92. The van der Waals surface area contributed by atoms with Crippen molar-refractivity contribution in [3.05, 3.63) is 35.3 Å². The maximum absolute atomic E-state index is 10.7. The van der Waals surface area contributed by atoms with Gasteiger partial charge in [-0.3, -0.25) is 4.98 Å². The lowest BCUT2D eigenvalue weighted by Gasteiger charge is -1.99. The maximum Gasteiger partial charge on any atom is 0.345 e. The molecular weight excluding hydrogens is 212 g/mol. The van der Waals surface area contributed by atoms with Gasteiger partial charge in [0, 0.05) is 6.20 Å². The zero-order valence-electron chi connectivity index (χ0n) is 7.68. The lowest BCUT2D eigenvalue weighted by Crippen LogP contribution is -1.91. The number of anilines is 1. The van der Waals surface area contributed by atoms with E-state index in [1.165, 1.54) is 11.3 Å². The molecular formula is C10H8N2O2S. The zero-order chi connectivity index (χ0) is 10.8. The van der Waals surface area contributed by atoms with Crippen molar-refractivity contribution < 1.29 is 9.90 Å². The highest BCUT2D eigenvalue weighted by Crippen LogP contribution is 2.29. The molecule has 0 aliphatic rings. The number of carboxylic acid groups (broad SMARTS) is 1. The number of pyridine rings is 1. The number of hydrogen-bond donors (Lipinski definition) is 2. The van der Waals surface area contributed by atoms with Crippen LogP contribution in [0.1, 0.15) is 9.67 Å². The SMILES string of the molecule is Nc1cccnc1-c1ccc(C(=O)O)s1. The molecule has 0 aromatic carbocycles. The molecule has 0 aliphatic carbocycles. The van der Waals surface area contributed by atoms with Crippen LogP contribution in [0.3, 0.4) is 0 Å². The van der Waals surface area contributed by atoms with E-state index in [0.29, 0.717) is 11.4 Å². The minimum absolute atomic E-state index is 0.287. The second kappa shape index (κ2) is 3.70. The largest absolute Gasteiger partial charge is 0.477 e. The molecule has 2 aromatic heterocycles. The van der Waals surface area contributed by atoms with Gasteiger partial charge in [0.2, 0.25) is 0 Å². The van der Waals surface area contributed by atoms with Gasteiger partial charge in [-0.05, 0) is 24.3 Å². The number of nitrogen functional groups attached to an aromatic ring is 1. The first-order chi connectivity index (χ1) is 7.18. The summed E-state index contributed by atoms with van der Waals surface area (Å²) in [6, 6.07) is 6.75. The standard InChI is InChI=1S/C10H8N2O2S/c11-6-2-1-5-12-9(6)7-3-4-8(15-7)10(13)14/h1-5H,11H2,(H,13,14). The molecule has 0 saturated heterocycles. The first kappa shape index (κ1) is 9.67. The Bertz CT molecular complexity index is 508. The van der Waals surface area contributed by atoms with Gasteiger partial charge in [-0.2, -0.15) is 0 Å². The highest BCUT2D eigenvalue weighted by molar-refractivity contribution is 7.17. The van der Waals surface area contributed by atoms with Crippen LogP contribution in [0, 0.1) is 0 Å². The number of nitrogens with two attached hydrogens (primary N) is 1. The Labute approximate surface area is 90.0 Å². The van der Waals surface area contributed by atoms with Gasteiger partial charge in [0.15, 0.2) is 0 Å². The van der Waals surface area contributed by atoms with Crippen molar-refractivity contribution in [1.82, 2.24) is 4.98 Å². The Hall–Kier alpha value is -1.88. The number of hydrogen-bond acceptors (Lipinski definition) is 4. The second-order valence-electron chi connectivity index (χ2n) is 2.91. The fourth-order valence-electron chi connectivity index (χ4n) is 1.20. The van der Waals surface area contributed by atoms with Crippen LogP contribution in [-0.4, -0.2) is 16.1 Å². The van der Waals surface area contributed by atoms with Crippen molar-refractivity contribution in [3.63, 3.8) is 0 Å². The molecule has 15 heavy (non-hydrogen) atoms. The molecule has 5 heteroatoms. The Balaban J connectivity index is 2.46. The van der Waals surface area contributed by atoms with Crippen molar-refractivity contribution in [3.8, 4) is 10.6 Å². The summed E-state index contributed by atoms with van der Waals surface area (Å²) in [5, 5.41) is 8.77. The number of aromatic nitrogens is 1. The van der Waals surface area contributed by atoms with Gasteiger partial charge < -0.3 is 10.8 Å². The third-order valence-electron chi connectivity index (χ3n) is 1.89. The lowest BCUT2D eigenvalue weighted by molar-refractivity contribution is 0.0702. The number of carbonyl (C=O) groups is 1. The van der Waals surface area contributed by atoms with Crippen molar-refractivity contribution in [2.75, 3.05) is 5.73 Å². The van der Waals surface area contributed by atoms with Crippen LogP contribution < -0.4 is 5.73 Å². The van der Waals surface area contributed by atoms with Gasteiger partial charge in [0.05, 0.1) is 10.6 Å². The van der Waals surface area contributed by atoms with E-state index >= 15 is 0 Å². The quantitative estimate of drug-likeness (QED) is 0.812. The smallest absolute Gasteiger partial charge is 0.345 e. The summed E-state index contributed by atoms with van der Waals surface area (Å²) >= 11 is 1.17. The monoisotopic (exact) mass is 220 g/mol. The van der Waals surface area contributed by atoms with Crippen molar-refractivity contribution in [2.45, 2.75) is 0 Å². The van der Waals surface area contributed by atoms with E-state index in [-0.39, 0.29) is 4.88 Å². The Kier molecular flexibility index (Phi) is 2.39. The molecule has 0 bridgehead atoms. The van der Waals surface area contributed by atoms with E-state index in [4.69, 9.17) is 10.8 Å². The molecule has 0 spiro atoms. The third kappa shape index (κ3) is 1.82. The normalized spacial score (nSPS) is 10.1. The zero-order valence-corrected chi connectivity index (χ0v) is 8.49. The lowest BCUT2D eigenvalue weighted by atomic mass is 10.2. The topological polar surface area (TPSA) is 76.2 Å². The van der Waals surface area contributed by atoms with E-state index < -0.39 is 5.97 Å². The minimum atomic E-state index is -0.930. The van der Waals surface area contributed by atoms with Crippen LogP contribution in [0.15, 0.2) is 30.5 Å². The van der Waals surface area contributed by atoms with E-state index in [0.717, 1.165) is 4.88 Å². The molecule has 0 aliphatic heterocycles. The predicted molar refractivity (Wildman–Crippen MR) is 58.9 cm³/mol. The van der Waals surface area contributed by atoms with Crippen LogP contribution >= 0.6 is 11.3 Å². The van der Waals surface area contributed by atoms with Gasteiger partial charge >= 0.3 is 5.97 Å². The van der Waals surface area contributed by atoms with Crippen molar-refractivity contribution >= 4 is 23.0 Å². The predicted octanol–water partition coefficient (Wildman–Crippen LogP) is 2.09. The number of carboxylic acids is 1. The minimum Gasteiger partial charge on any atom is -0.477 e. The molecule has 0 saturated carbocycles. The number of thiophene rings is 1. The molecule has 0 unspecified atom stereocenters.